The molecule has 0 spiro atoms. The molecule has 10 heteroatoms. The van der Waals surface area contributed by atoms with Crippen molar-refractivity contribution >= 4 is 33.6 Å². The van der Waals surface area contributed by atoms with Crippen LogP contribution in [-0.4, -0.2) is 37.0 Å². The summed E-state index contributed by atoms with van der Waals surface area (Å²) in [6, 6.07) is 11.6. The lowest BCUT2D eigenvalue weighted by atomic mass is 10.1. The van der Waals surface area contributed by atoms with E-state index in [1.165, 1.54) is 4.68 Å². The van der Waals surface area contributed by atoms with Crippen LogP contribution >= 0.6 is 0 Å². The highest BCUT2D eigenvalue weighted by molar-refractivity contribution is 6.06. The van der Waals surface area contributed by atoms with Gasteiger partial charge in [0, 0.05) is 17.5 Å². The fraction of sp³-hybridized carbons (Fsp3) is 0.238. The number of benzene rings is 2. The van der Waals surface area contributed by atoms with E-state index in [1.54, 1.807) is 42.5 Å². The van der Waals surface area contributed by atoms with Crippen LogP contribution in [0.4, 0.5) is 0 Å². The maximum Gasteiger partial charge on any atom is 0.290 e. The topological polar surface area (TPSA) is 135 Å². The highest BCUT2D eigenvalue weighted by Gasteiger charge is 2.17. The molecule has 10 nitrogen and oxygen atoms in total. The van der Waals surface area contributed by atoms with E-state index in [0.29, 0.717) is 33.9 Å². The van der Waals surface area contributed by atoms with Crippen molar-refractivity contribution in [3.05, 3.63) is 64.1 Å². The summed E-state index contributed by atoms with van der Waals surface area (Å²) in [6.45, 7) is 2.49. The lowest BCUT2D eigenvalue weighted by Crippen LogP contribution is -2.42. The normalized spacial score (nSPS) is 11.0. The highest BCUT2D eigenvalue weighted by atomic mass is 16.2. The van der Waals surface area contributed by atoms with E-state index in [2.05, 4.69) is 38.3 Å². The molecule has 2 amide bonds. The van der Waals surface area contributed by atoms with Crippen molar-refractivity contribution < 1.29 is 9.59 Å². The molecule has 0 saturated carbocycles. The Hall–Kier alpha value is -4.08. The van der Waals surface area contributed by atoms with Crippen LogP contribution in [0.3, 0.4) is 0 Å². The molecule has 2 heterocycles. The molecule has 0 bridgehead atoms. The Morgan fingerprint density at radius 1 is 0.968 bits per heavy atom. The number of hydrogen-bond acceptors (Lipinski definition) is 6. The molecule has 0 aliphatic rings. The van der Waals surface area contributed by atoms with Crippen molar-refractivity contribution in [1.82, 2.24) is 36.0 Å². The predicted octanol–water partition coefficient (Wildman–Crippen LogP) is 1.93. The average Bonchev–Trinajstić information content (AvgIpc) is 3.27. The molecule has 4 aromatic rings. The molecule has 3 N–H and O–H groups in total. The number of aromatic nitrogens is 5. The van der Waals surface area contributed by atoms with E-state index in [0.717, 1.165) is 19.3 Å². The zero-order valence-electron chi connectivity index (χ0n) is 16.9. The fourth-order valence-electron chi connectivity index (χ4n) is 3.29. The largest absolute Gasteiger partial charge is 0.290 e. The quantitative estimate of drug-likeness (QED) is 0.323. The molecule has 0 aliphatic heterocycles. The molecule has 2 aromatic heterocycles. The molecule has 31 heavy (non-hydrogen) atoms. The first kappa shape index (κ1) is 20.2. The van der Waals surface area contributed by atoms with Crippen molar-refractivity contribution in [2.24, 2.45) is 0 Å². The SMILES string of the molecule is CCCCCn1nc(C(=O)NNC(=O)c2ccc3n[nH]nc3c2)c2ccccc2c1=O. The van der Waals surface area contributed by atoms with Crippen molar-refractivity contribution in [1.29, 1.82) is 0 Å². The third kappa shape index (κ3) is 4.13. The summed E-state index contributed by atoms with van der Waals surface area (Å²) in [5.41, 5.74) is 6.06. The number of fused-ring (bicyclic) bond motifs is 2. The van der Waals surface area contributed by atoms with Crippen LogP contribution in [0.25, 0.3) is 21.8 Å². The minimum Gasteiger partial charge on any atom is -0.267 e. The van der Waals surface area contributed by atoms with Crippen LogP contribution in [0.2, 0.25) is 0 Å². The first-order valence-electron chi connectivity index (χ1n) is 9.99. The summed E-state index contributed by atoms with van der Waals surface area (Å²) in [7, 11) is 0. The molecular weight excluding hydrogens is 398 g/mol. The van der Waals surface area contributed by atoms with Gasteiger partial charge in [-0.2, -0.15) is 20.5 Å². The van der Waals surface area contributed by atoms with Gasteiger partial charge in [0.2, 0.25) is 0 Å². The van der Waals surface area contributed by atoms with Gasteiger partial charge in [0.05, 0.1) is 5.39 Å². The highest BCUT2D eigenvalue weighted by Crippen LogP contribution is 2.14. The maximum absolute atomic E-state index is 12.8. The van der Waals surface area contributed by atoms with Gasteiger partial charge in [0.1, 0.15) is 11.0 Å². The summed E-state index contributed by atoms with van der Waals surface area (Å²) in [5, 5.41) is 15.5. The molecule has 0 radical (unpaired) electrons. The first-order valence-corrected chi connectivity index (χ1v) is 9.99. The molecule has 0 saturated heterocycles. The fourth-order valence-corrected chi connectivity index (χ4v) is 3.29. The van der Waals surface area contributed by atoms with Gasteiger partial charge in [-0.05, 0) is 30.7 Å². The second kappa shape index (κ2) is 8.74. The number of amides is 2. The van der Waals surface area contributed by atoms with E-state index in [9.17, 15) is 14.4 Å². The third-order valence-corrected chi connectivity index (χ3v) is 4.92. The lowest BCUT2D eigenvalue weighted by molar-refractivity contribution is 0.0843. The van der Waals surface area contributed by atoms with E-state index in [4.69, 9.17) is 0 Å². The number of nitrogens with zero attached hydrogens (tertiary/aromatic N) is 4. The molecule has 0 fully saturated rings. The smallest absolute Gasteiger partial charge is 0.267 e. The molecule has 0 unspecified atom stereocenters. The Bertz CT molecular complexity index is 1330. The predicted molar refractivity (Wildman–Crippen MR) is 114 cm³/mol. The number of carbonyl (C=O) groups is 2. The van der Waals surface area contributed by atoms with Crippen LogP contribution in [-0.2, 0) is 6.54 Å². The summed E-state index contributed by atoms with van der Waals surface area (Å²) >= 11 is 0. The van der Waals surface area contributed by atoms with Gasteiger partial charge in [-0.1, -0.05) is 38.0 Å². The summed E-state index contributed by atoms with van der Waals surface area (Å²) in [6.07, 6.45) is 2.74. The van der Waals surface area contributed by atoms with Crippen molar-refractivity contribution in [3.8, 4) is 0 Å². The molecule has 0 atom stereocenters. The Morgan fingerprint density at radius 2 is 1.71 bits per heavy atom. The number of nitrogens with one attached hydrogen (secondary N) is 3. The van der Waals surface area contributed by atoms with Crippen LogP contribution in [0.15, 0.2) is 47.3 Å². The number of hydrogen-bond donors (Lipinski definition) is 3. The number of hydrazine groups is 1. The maximum atomic E-state index is 12.8. The Balaban J connectivity index is 1.56. The minimum absolute atomic E-state index is 0.0685. The summed E-state index contributed by atoms with van der Waals surface area (Å²) in [4.78, 5) is 38.0. The van der Waals surface area contributed by atoms with Gasteiger partial charge in [-0.25, -0.2) is 4.68 Å². The first-order chi connectivity index (χ1) is 15.1. The van der Waals surface area contributed by atoms with Gasteiger partial charge < -0.3 is 0 Å². The second-order valence-corrected chi connectivity index (χ2v) is 7.06. The third-order valence-electron chi connectivity index (χ3n) is 4.92. The number of carbonyl (C=O) groups excluding carboxylic acids is 2. The van der Waals surface area contributed by atoms with Crippen LogP contribution in [0.5, 0.6) is 0 Å². The molecule has 158 valence electrons. The summed E-state index contributed by atoms with van der Waals surface area (Å²) < 4.78 is 1.31. The monoisotopic (exact) mass is 419 g/mol. The van der Waals surface area contributed by atoms with E-state index >= 15 is 0 Å². The molecule has 2 aromatic carbocycles. The van der Waals surface area contributed by atoms with Crippen molar-refractivity contribution in [2.75, 3.05) is 0 Å². The van der Waals surface area contributed by atoms with Crippen LogP contribution in [0.1, 0.15) is 47.0 Å². The Morgan fingerprint density at radius 3 is 2.52 bits per heavy atom. The van der Waals surface area contributed by atoms with Crippen LogP contribution < -0.4 is 16.4 Å². The molecular formula is C21H21N7O3. The zero-order valence-corrected chi connectivity index (χ0v) is 16.9. The zero-order chi connectivity index (χ0) is 21.8. The van der Waals surface area contributed by atoms with Crippen molar-refractivity contribution in [2.45, 2.75) is 32.7 Å². The molecule has 0 aliphatic carbocycles. The molecule has 4 rings (SSSR count). The van der Waals surface area contributed by atoms with Gasteiger partial charge >= 0.3 is 0 Å². The van der Waals surface area contributed by atoms with E-state index < -0.39 is 11.8 Å². The second-order valence-electron chi connectivity index (χ2n) is 7.06. The lowest BCUT2D eigenvalue weighted by Gasteiger charge is -2.12. The van der Waals surface area contributed by atoms with Gasteiger partial charge in [-0.3, -0.25) is 25.2 Å². The Labute approximate surface area is 176 Å². The summed E-state index contributed by atoms with van der Waals surface area (Å²) in [5.74, 6) is -1.13. The van der Waals surface area contributed by atoms with Gasteiger partial charge in [0.25, 0.3) is 17.4 Å². The van der Waals surface area contributed by atoms with E-state index in [1.807, 2.05) is 0 Å². The minimum atomic E-state index is -0.615. The number of aromatic amines is 1. The van der Waals surface area contributed by atoms with Gasteiger partial charge in [0.15, 0.2) is 5.69 Å². The van der Waals surface area contributed by atoms with Crippen LogP contribution in [0, 0.1) is 0 Å². The van der Waals surface area contributed by atoms with Gasteiger partial charge in [-0.15, -0.1) is 0 Å². The van der Waals surface area contributed by atoms with Crippen molar-refractivity contribution in [3.63, 3.8) is 0 Å². The van der Waals surface area contributed by atoms with E-state index in [-0.39, 0.29) is 11.3 Å². The number of H-pyrrole nitrogens is 1. The number of rotatable bonds is 6. The number of unbranched alkanes of at least 4 members (excludes halogenated alkanes) is 2. The number of aryl methyl sites for hydroxylation is 1. The Kier molecular flexibility index (Phi) is 5.69. The standard InChI is InChI=1S/C21H21N7O3/c1-2-3-6-11-28-21(31)15-8-5-4-7-14(15)18(26-28)20(30)25-24-19(29)13-9-10-16-17(12-13)23-27-22-16/h4-5,7-10,12H,2-3,6,11H2,1H3,(H,24,29)(H,25,30)(H,22,23,27). The average molecular weight is 419 g/mol.